The highest BCUT2D eigenvalue weighted by atomic mass is 15.1. The maximum absolute atomic E-state index is 4.43. The topological polar surface area (TPSA) is 21.1 Å². The molecule has 0 radical (unpaired) electrons. The lowest BCUT2D eigenvalue weighted by Crippen LogP contribution is -2.35. The van der Waals surface area contributed by atoms with Gasteiger partial charge in [-0.15, -0.1) is 0 Å². The number of aromatic nitrogens is 2. The van der Waals surface area contributed by atoms with Crippen LogP contribution in [-0.2, 0) is 13.0 Å². The summed E-state index contributed by atoms with van der Waals surface area (Å²) in [4.78, 5) is 6.99. The number of imidazole rings is 1. The van der Waals surface area contributed by atoms with Gasteiger partial charge in [0.1, 0.15) is 5.82 Å². The minimum absolute atomic E-state index is 0.795. The second kappa shape index (κ2) is 8.11. The Morgan fingerprint density at radius 3 is 2.70 bits per heavy atom. The maximum atomic E-state index is 4.43. The van der Waals surface area contributed by atoms with Crippen molar-refractivity contribution in [3.8, 4) is 0 Å². The largest absolute Gasteiger partial charge is 0.335 e. The third-order valence-electron chi connectivity index (χ3n) is 4.75. The zero-order valence-electron chi connectivity index (χ0n) is 14.1. The molecule has 1 aliphatic heterocycles. The predicted octanol–water partition coefficient (Wildman–Crippen LogP) is 3.87. The first-order valence-corrected chi connectivity index (χ1v) is 8.79. The normalized spacial score (nSPS) is 17.1. The van der Waals surface area contributed by atoms with Gasteiger partial charge in [0.2, 0.25) is 0 Å². The molecule has 1 fully saturated rings. The molecule has 1 saturated heterocycles. The summed E-state index contributed by atoms with van der Waals surface area (Å²) in [6.45, 7) is 6.80. The third-order valence-corrected chi connectivity index (χ3v) is 4.75. The van der Waals surface area contributed by atoms with Gasteiger partial charge in [-0.3, -0.25) is 4.90 Å². The molecule has 0 spiro atoms. The Bertz CT molecular complexity index is 607. The highest BCUT2D eigenvalue weighted by molar-refractivity contribution is 5.48. The molecule has 2 heterocycles. The number of nitrogens with zero attached hydrogens (tertiary/aromatic N) is 3. The van der Waals surface area contributed by atoms with E-state index in [0.29, 0.717) is 0 Å². The van der Waals surface area contributed by atoms with Crippen molar-refractivity contribution in [3.63, 3.8) is 0 Å². The van der Waals surface area contributed by atoms with E-state index in [-0.39, 0.29) is 0 Å². The summed E-state index contributed by atoms with van der Waals surface area (Å²) in [6, 6.07) is 10.5. The summed E-state index contributed by atoms with van der Waals surface area (Å²) >= 11 is 0. The fourth-order valence-corrected chi connectivity index (χ4v) is 3.35. The number of hydrogen-bond acceptors (Lipinski definition) is 2. The van der Waals surface area contributed by atoms with Gasteiger partial charge in [-0.2, -0.15) is 0 Å². The van der Waals surface area contributed by atoms with Crippen LogP contribution < -0.4 is 0 Å². The molecule has 2 aromatic rings. The quantitative estimate of drug-likeness (QED) is 0.807. The predicted molar refractivity (Wildman–Crippen MR) is 96.2 cm³/mol. The summed E-state index contributed by atoms with van der Waals surface area (Å²) in [6.07, 6.45) is 12.2. The van der Waals surface area contributed by atoms with Gasteiger partial charge in [-0.25, -0.2) is 4.98 Å². The van der Waals surface area contributed by atoms with Crippen molar-refractivity contribution in [2.45, 2.75) is 32.7 Å². The second-order valence-corrected chi connectivity index (χ2v) is 6.41. The Hall–Kier alpha value is -1.87. The lowest BCUT2D eigenvalue weighted by molar-refractivity contribution is 0.188. The molecule has 3 heteroatoms. The van der Waals surface area contributed by atoms with Crippen molar-refractivity contribution in [2.75, 3.05) is 19.6 Å². The monoisotopic (exact) mass is 309 g/mol. The van der Waals surface area contributed by atoms with Crippen molar-refractivity contribution < 1.29 is 0 Å². The molecule has 3 rings (SSSR count). The Kier molecular flexibility index (Phi) is 5.65. The van der Waals surface area contributed by atoms with E-state index >= 15 is 0 Å². The van der Waals surface area contributed by atoms with Crippen LogP contribution >= 0.6 is 0 Å². The molecule has 0 N–H and O–H groups in total. The number of rotatable bonds is 6. The lowest BCUT2D eigenvalue weighted by atomic mass is 9.96. The van der Waals surface area contributed by atoms with Crippen molar-refractivity contribution >= 4 is 6.08 Å². The number of hydrogen-bond donors (Lipinski definition) is 0. The zero-order chi connectivity index (χ0) is 15.9. The molecule has 23 heavy (non-hydrogen) atoms. The number of aryl methyl sites for hydroxylation is 1. The van der Waals surface area contributed by atoms with Gasteiger partial charge < -0.3 is 4.57 Å². The van der Waals surface area contributed by atoms with Crippen LogP contribution in [0.3, 0.4) is 0 Å². The molecule has 0 unspecified atom stereocenters. The maximum Gasteiger partial charge on any atom is 0.108 e. The van der Waals surface area contributed by atoms with Gasteiger partial charge in [0, 0.05) is 31.9 Å². The van der Waals surface area contributed by atoms with Gasteiger partial charge in [0.05, 0.1) is 0 Å². The molecule has 3 nitrogen and oxygen atoms in total. The summed E-state index contributed by atoms with van der Waals surface area (Å²) in [5.41, 5.74) is 1.29. The molecule has 0 saturated carbocycles. The van der Waals surface area contributed by atoms with E-state index in [1.807, 2.05) is 6.20 Å². The second-order valence-electron chi connectivity index (χ2n) is 6.41. The summed E-state index contributed by atoms with van der Waals surface area (Å²) in [5, 5.41) is 0. The van der Waals surface area contributed by atoms with Crippen LogP contribution in [0.5, 0.6) is 0 Å². The smallest absolute Gasteiger partial charge is 0.108 e. The highest BCUT2D eigenvalue weighted by Gasteiger charge is 2.19. The first kappa shape index (κ1) is 16.0. The summed E-state index contributed by atoms with van der Waals surface area (Å²) in [7, 11) is 0. The van der Waals surface area contributed by atoms with Gasteiger partial charge in [-0.05, 0) is 37.4 Å². The summed E-state index contributed by atoms with van der Waals surface area (Å²) < 4.78 is 2.34. The van der Waals surface area contributed by atoms with Gasteiger partial charge in [0.15, 0.2) is 0 Å². The first-order chi connectivity index (χ1) is 11.3. The van der Waals surface area contributed by atoms with Crippen LogP contribution in [0.25, 0.3) is 6.08 Å². The summed E-state index contributed by atoms with van der Waals surface area (Å²) in [5.74, 6) is 2.02. The lowest BCUT2D eigenvalue weighted by Gasteiger charge is -2.31. The zero-order valence-corrected chi connectivity index (χ0v) is 14.1. The fourth-order valence-electron chi connectivity index (χ4n) is 3.35. The van der Waals surface area contributed by atoms with Crippen molar-refractivity contribution in [1.82, 2.24) is 14.5 Å². The first-order valence-electron chi connectivity index (χ1n) is 8.79. The number of piperidine rings is 1. The van der Waals surface area contributed by atoms with Crippen LogP contribution in [0.1, 0.15) is 31.2 Å². The van der Waals surface area contributed by atoms with E-state index in [9.17, 15) is 0 Å². The third kappa shape index (κ3) is 4.55. The molecule has 1 aliphatic rings. The molecule has 1 aromatic heterocycles. The van der Waals surface area contributed by atoms with Crippen LogP contribution in [0.2, 0.25) is 0 Å². The molecule has 1 aromatic carbocycles. The molecular formula is C20H27N3. The fraction of sp³-hybridized carbons (Fsp3) is 0.450. The van der Waals surface area contributed by atoms with Gasteiger partial charge in [0.25, 0.3) is 0 Å². The van der Waals surface area contributed by atoms with E-state index in [0.717, 1.165) is 25.4 Å². The molecular weight excluding hydrogens is 282 g/mol. The molecule has 0 amide bonds. The van der Waals surface area contributed by atoms with Crippen LogP contribution in [0.15, 0.2) is 48.8 Å². The molecule has 122 valence electrons. The molecule has 0 atom stereocenters. The Morgan fingerprint density at radius 2 is 1.96 bits per heavy atom. The van der Waals surface area contributed by atoms with Crippen molar-refractivity contribution in [2.24, 2.45) is 5.92 Å². The minimum Gasteiger partial charge on any atom is -0.335 e. The standard InChI is InChI=1S/C20H27N3/c1-2-20-21-12-16-23(20)17-19-10-14-22(15-11-19)13-6-9-18-7-4-3-5-8-18/h3-9,12,16,19H,2,10-11,13-15,17H2,1H3/b9-6+. The van der Waals surface area contributed by atoms with Gasteiger partial charge >= 0.3 is 0 Å². The molecule has 0 bridgehead atoms. The van der Waals surface area contributed by atoms with Crippen molar-refractivity contribution in [3.05, 3.63) is 60.2 Å². The van der Waals surface area contributed by atoms with Crippen molar-refractivity contribution in [1.29, 1.82) is 0 Å². The number of likely N-dealkylation sites (tertiary alicyclic amines) is 1. The van der Waals surface area contributed by atoms with E-state index in [2.05, 4.69) is 70.1 Å². The van der Waals surface area contributed by atoms with Crippen LogP contribution in [0.4, 0.5) is 0 Å². The average Bonchev–Trinajstić information content (AvgIpc) is 3.04. The van der Waals surface area contributed by atoms with Crippen LogP contribution in [0, 0.1) is 5.92 Å². The SMILES string of the molecule is CCc1nccn1CC1CCN(C/C=C/c2ccccc2)CC1. The van der Waals surface area contributed by atoms with E-state index in [1.54, 1.807) is 0 Å². The Labute approximate surface area is 139 Å². The average molecular weight is 309 g/mol. The highest BCUT2D eigenvalue weighted by Crippen LogP contribution is 2.20. The van der Waals surface area contributed by atoms with Gasteiger partial charge in [-0.1, -0.05) is 49.4 Å². The minimum atomic E-state index is 0.795. The van der Waals surface area contributed by atoms with E-state index < -0.39 is 0 Å². The van der Waals surface area contributed by atoms with Crippen LogP contribution in [-0.4, -0.2) is 34.1 Å². The Morgan fingerprint density at radius 1 is 1.17 bits per heavy atom. The van der Waals surface area contributed by atoms with E-state index in [4.69, 9.17) is 0 Å². The number of benzene rings is 1. The Balaban J connectivity index is 1.43. The van der Waals surface area contributed by atoms with E-state index in [1.165, 1.54) is 37.3 Å². The molecule has 0 aliphatic carbocycles.